The van der Waals surface area contributed by atoms with Crippen molar-refractivity contribution >= 4 is 6.09 Å². The minimum absolute atomic E-state index is 0.199. The summed E-state index contributed by atoms with van der Waals surface area (Å²) in [6.45, 7) is 12.7. The highest BCUT2D eigenvalue weighted by molar-refractivity contribution is 5.68. The molecule has 0 radical (unpaired) electrons. The molecule has 5 heteroatoms. The van der Waals surface area contributed by atoms with Crippen LogP contribution in [0.15, 0.2) is 0 Å². The number of carbonyl (C=O) groups is 1. The number of aliphatic hydroxyl groups is 1. The summed E-state index contributed by atoms with van der Waals surface area (Å²) in [7, 11) is 0. The van der Waals surface area contributed by atoms with Gasteiger partial charge < -0.3 is 20.1 Å². The first-order valence-electron chi connectivity index (χ1n) is 8.55. The van der Waals surface area contributed by atoms with E-state index in [0.29, 0.717) is 17.9 Å². The number of rotatable bonds is 6. The minimum atomic E-state index is -0.444. The number of piperidine rings is 1. The van der Waals surface area contributed by atoms with Gasteiger partial charge in [0, 0.05) is 25.7 Å². The second-order valence-corrected chi connectivity index (χ2v) is 7.74. The van der Waals surface area contributed by atoms with Gasteiger partial charge in [-0.1, -0.05) is 13.8 Å². The summed E-state index contributed by atoms with van der Waals surface area (Å²) in [6, 6.07) is 0.424. The quantitative estimate of drug-likeness (QED) is 0.740. The molecule has 1 aliphatic heterocycles. The average Bonchev–Trinajstić information content (AvgIpc) is 2.38. The van der Waals surface area contributed by atoms with E-state index in [1.54, 1.807) is 0 Å². The molecule has 2 unspecified atom stereocenters. The van der Waals surface area contributed by atoms with Crippen LogP contribution in [0.25, 0.3) is 0 Å². The van der Waals surface area contributed by atoms with Crippen LogP contribution in [0.3, 0.4) is 0 Å². The van der Waals surface area contributed by atoms with Crippen LogP contribution in [0.5, 0.6) is 0 Å². The topological polar surface area (TPSA) is 61.8 Å². The summed E-state index contributed by atoms with van der Waals surface area (Å²) in [5.41, 5.74) is -0.444. The number of nitrogens with zero attached hydrogens (tertiary/aromatic N) is 1. The Morgan fingerprint density at radius 1 is 1.41 bits per heavy atom. The van der Waals surface area contributed by atoms with Gasteiger partial charge in [0.2, 0.25) is 0 Å². The van der Waals surface area contributed by atoms with Gasteiger partial charge in [-0.25, -0.2) is 4.79 Å². The first-order valence-corrected chi connectivity index (χ1v) is 8.55. The summed E-state index contributed by atoms with van der Waals surface area (Å²) in [6.07, 6.45) is 2.62. The van der Waals surface area contributed by atoms with Crippen LogP contribution in [0.2, 0.25) is 0 Å². The molecular weight excluding hydrogens is 280 g/mol. The second-order valence-electron chi connectivity index (χ2n) is 7.74. The monoisotopic (exact) mass is 314 g/mol. The lowest BCUT2D eigenvalue weighted by molar-refractivity contribution is 0.0116. The normalized spacial score (nSPS) is 23.0. The van der Waals surface area contributed by atoms with Crippen LogP contribution in [-0.2, 0) is 4.74 Å². The molecule has 0 aliphatic carbocycles. The fraction of sp³-hybridized carbons (Fsp3) is 0.941. The van der Waals surface area contributed by atoms with Crippen LogP contribution in [0.4, 0.5) is 4.79 Å². The van der Waals surface area contributed by atoms with Crippen molar-refractivity contribution in [1.29, 1.82) is 0 Å². The number of ether oxygens (including phenoxy) is 1. The zero-order valence-corrected chi connectivity index (χ0v) is 14.9. The predicted molar refractivity (Wildman–Crippen MR) is 88.9 cm³/mol. The lowest BCUT2D eigenvalue weighted by atomic mass is 9.85. The van der Waals surface area contributed by atoms with Crippen molar-refractivity contribution in [2.24, 2.45) is 11.8 Å². The number of aliphatic hydroxyl groups excluding tert-OH is 1. The Kier molecular flexibility index (Phi) is 7.63. The Morgan fingerprint density at radius 3 is 2.64 bits per heavy atom. The van der Waals surface area contributed by atoms with Crippen LogP contribution in [0, 0.1) is 11.8 Å². The fourth-order valence-corrected chi connectivity index (χ4v) is 3.00. The van der Waals surface area contributed by atoms with Gasteiger partial charge in [0.1, 0.15) is 5.60 Å². The van der Waals surface area contributed by atoms with E-state index in [-0.39, 0.29) is 12.7 Å². The van der Waals surface area contributed by atoms with Gasteiger partial charge in [-0.05, 0) is 58.4 Å². The third kappa shape index (κ3) is 6.97. The summed E-state index contributed by atoms with van der Waals surface area (Å²) in [4.78, 5) is 14.1. The highest BCUT2D eigenvalue weighted by atomic mass is 16.6. The molecule has 2 N–H and O–H groups in total. The molecule has 1 fully saturated rings. The highest BCUT2D eigenvalue weighted by Crippen LogP contribution is 2.25. The standard InChI is InChI=1S/C17H34N2O3/c1-13(2)11-14-12-19(16(21)22-17(3,4)5)9-7-15(14)18-8-6-10-20/h13-15,18,20H,6-12H2,1-5H3. The van der Waals surface area contributed by atoms with Crippen molar-refractivity contribution in [1.82, 2.24) is 10.2 Å². The fourth-order valence-electron chi connectivity index (χ4n) is 3.00. The van der Waals surface area contributed by atoms with E-state index in [0.717, 1.165) is 38.9 Å². The number of hydrogen-bond acceptors (Lipinski definition) is 4. The number of carbonyl (C=O) groups excluding carboxylic acids is 1. The van der Waals surface area contributed by atoms with Gasteiger partial charge in [-0.15, -0.1) is 0 Å². The molecule has 0 aromatic heterocycles. The summed E-state index contributed by atoms with van der Waals surface area (Å²) < 4.78 is 5.50. The van der Waals surface area contributed by atoms with Gasteiger partial charge in [-0.3, -0.25) is 0 Å². The lowest BCUT2D eigenvalue weighted by Gasteiger charge is -2.40. The maximum Gasteiger partial charge on any atom is 0.410 e. The molecule has 1 rings (SSSR count). The second kappa shape index (κ2) is 8.73. The molecular formula is C17H34N2O3. The van der Waals surface area contributed by atoms with Crippen LogP contribution >= 0.6 is 0 Å². The SMILES string of the molecule is CC(C)CC1CN(C(=O)OC(C)(C)C)CCC1NCCCO. The van der Waals surface area contributed by atoms with Gasteiger partial charge in [-0.2, -0.15) is 0 Å². The molecule has 22 heavy (non-hydrogen) atoms. The van der Waals surface area contributed by atoms with E-state index in [4.69, 9.17) is 9.84 Å². The van der Waals surface area contributed by atoms with Gasteiger partial charge in [0.25, 0.3) is 0 Å². The maximum atomic E-state index is 12.3. The summed E-state index contributed by atoms with van der Waals surface area (Å²) >= 11 is 0. The molecule has 5 nitrogen and oxygen atoms in total. The van der Waals surface area contributed by atoms with E-state index in [9.17, 15) is 4.79 Å². The third-order valence-corrected chi connectivity index (χ3v) is 3.90. The Morgan fingerprint density at radius 2 is 2.09 bits per heavy atom. The van der Waals surface area contributed by atoms with E-state index >= 15 is 0 Å². The smallest absolute Gasteiger partial charge is 0.410 e. The predicted octanol–water partition coefficient (Wildman–Crippen LogP) is 2.63. The van der Waals surface area contributed by atoms with Crippen LogP contribution in [0.1, 0.15) is 53.9 Å². The van der Waals surface area contributed by atoms with Crippen LogP contribution in [-0.4, -0.2) is 54.0 Å². The number of likely N-dealkylation sites (tertiary alicyclic amines) is 1. The van der Waals surface area contributed by atoms with Crippen molar-refractivity contribution < 1.29 is 14.6 Å². The zero-order valence-electron chi connectivity index (χ0n) is 14.9. The number of nitrogens with one attached hydrogen (secondary N) is 1. The van der Waals surface area contributed by atoms with Crippen molar-refractivity contribution in [3.63, 3.8) is 0 Å². The molecule has 0 saturated carbocycles. The molecule has 0 bridgehead atoms. The molecule has 1 amide bonds. The van der Waals surface area contributed by atoms with Crippen molar-refractivity contribution in [3.05, 3.63) is 0 Å². The Hall–Kier alpha value is -0.810. The minimum Gasteiger partial charge on any atom is -0.444 e. The Balaban J connectivity index is 2.60. The third-order valence-electron chi connectivity index (χ3n) is 3.90. The molecule has 0 aromatic rings. The summed E-state index contributed by atoms with van der Waals surface area (Å²) in [5.74, 6) is 1.05. The molecule has 1 saturated heterocycles. The lowest BCUT2D eigenvalue weighted by Crippen LogP contribution is -2.52. The molecule has 1 aliphatic rings. The zero-order chi connectivity index (χ0) is 16.8. The molecule has 1 heterocycles. The van der Waals surface area contributed by atoms with E-state index in [2.05, 4.69) is 19.2 Å². The first kappa shape index (κ1) is 19.2. The van der Waals surface area contributed by atoms with Crippen molar-refractivity contribution in [2.75, 3.05) is 26.2 Å². The Bertz CT molecular complexity index is 339. The van der Waals surface area contributed by atoms with Crippen molar-refractivity contribution in [3.8, 4) is 0 Å². The molecule has 0 spiro atoms. The Labute approximate surface area is 135 Å². The first-order chi connectivity index (χ1) is 10.2. The van der Waals surface area contributed by atoms with Gasteiger partial charge in [0.05, 0.1) is 0 Å². The highest BCUT2D eigenvalue weighted by Gasteiger charge is 2.33. The summed E-state index contributed by atoms with van der Waals surface area (Å²) in [5, 5.41) is 12.5. The van der Waals surface area contributed by atoms with Gasteiger partial charge >= 0.3 is 6.09 Å². The maximum absolute atomic E-state index is 12.3. The molecule has 2 atom stereocenters. The van der Waals surface area contributed by atoms with E-state index in [1.807, 2.05) is 25.7 Å². The largest absolute Gasteiger partial charge is 0.444 e. The number of hydrogen-bond donors (Lipinski definition) is 2. The van der Waals surface area contributed by atoms with E-state index < -0.39 is 5.60 Å². The average molecular weight is 314 g/mol. The number of amides is 1. The van der Waals surface area contributed by atoms with E-state index in [1.165, 1.54) is 0 Å². The van der Waals surface area contributed by atoms with Crippen molar-refractivity contribution in [2.45, 2.75) is 65.5 Å². The molecule has 0 aromatic carbocycles. The van der Waals surface area contributed by atoms with Crippen LogP contribution < -0.4 is 5.32 Å². The van der Waals surface area contributed by atoms with Gasteiger partial charge in [0.15, 0.2) is 0 Å². The molecule has 130 valence electrons.